The highest BCUT2D eigenvalue weighted by Crippen LogP contribution is 2.21. The minimum Gasteiger partial charge on any atom is -0.496 e. The average Bonchev–Trinajstić information content (AvgIpc) is 2.58. The van der Waals surface area contributed by atoms with Crippen molar-refractivity contribution in [2.75, 3.05) is 25.6 Å². The summed E-state index contributed by atoms with van der Waals surface area (Å²) in [5, 5.41) is 12.2. The number of nitrogens with zero attached hydrogens (tertiary/aromatic N) is 1. The van der Waals surface area contributed by atoms with E-state index in [0.717, 1.165) is 28.1 Å². The number of carbonyl (C=O) groups is 1. The molecule has 0 atom stereocenters. The number of amides is 2. The first-order valence-electron chi connectivity index (χ1n) is 7.91. The number of aliphatic hydroxyl groups is 1. The van der Waals surface area contributed by atoms with Gasteiger partial charge in [-0.3, -0.25) is 0 Å². The van der Waals surface area contributed by atoms with Crippen LogP contribution in [-0.2, 0) is 6.54 Å². The Balaban J connectivity index is 2.17. The van der Waals surface area contributed by atoms with Crippen LogP contribution >= 0.6 is 0 Å². The fourth-order valence-corrected chi connectivity index (χ4v) is 2.48. The lowest BCUT2D eigenvalue weighted by Crippen LogP contribution is -2.36. The summed E-state index contributed by atoms with van der Waals surface area (Å²) in [5.74, 6) is 0.722. The van der Waals surface area contributed by atoms with Crippen LogP contribution in [0.1, 0.15) is 16.7 Å². The van der Waals surface area contributed by atoms with Crippen molar-refractivity contribution in [3.8, 4) is 5.75 Å². The molecule has 2 amide bonds. The second kappa shape index (κ2) is 8.36. The zero-order chi connectivity index (χ0) is 17.5. The van der Waals surface area contributed by atoms with Gasteiger partial charge in [0.1, 0.15) is 5.75 Å². The molecule has 0 aliphatic carbocycles. The van der Waals surface area contributed by atoms with Crippen LogP contribution in [0, 0.1) is 13.8 Å². The van der Waals surface area contributed by atoms with Crippen molar-refractivity contribution in [3.05, 3.63) is 59.2 Å². The van der Waals surface area contributed by atoms with E-state index in [-0.39, 0.29) is 19.2 Å². The molecule has 0 aliphatic rings. The Kier molecular flexibility index (Phi) is 6.21. The lowest BCUT2D eigenvalue weighted by atomic mass is 10.1. The van der Waals surface area contributed by atoms with E-state index >= 15 is 0 Å². The molecular weight excluding hydrogens is 304 g/mol. The van der Waals surface area contributed by atoms with E-state index in [1.807, 2.05) is 56.3 Å². The number of carbonyl (C=O) groups excluding carboxylic acids is 1. The van der Waals surface area contributed by atoms with E-state index in [2.05, 4.69) is 5.32 Å². The van der Waals surface area contributed by atoms with Crippen LogP contribution in [0.25, 0.3) is 0 Å². The van der Waals surface area contributed by atoms with Crippen LogP contribution in [-0.4, -0.2) is 36.3 Å². The molecule has 0 unspecified atom stereocenters. The SMILES string of the molecule is COc1ccccc1CN(CCO)C(=O)Nc1cc(C)ccc1C. The minimum atomic E-state index is -0.247. The molecular formula is C19H24N2O3. The van der Waals surface area contributed by atoms with Crippen molar-refractivity contribution in [1.29, 1.82) is 0 Å². The summed E-state index contributed by atoms with van der Waals surface area (Å²) in [6.07, 6.45) is 0. The quantitative estimate of drug-likeness (QED) is 0.855. The Morgan fingerprint density at radius 3 is 2.67 bits per heavy atom. The Bertz CT molecular complexity index is 701. The standard InChI is InChI=1S/C19H24N2O3/c1-14-8-9-15(2)17(12-14)20-19(23)21(10-11-22)13-16-6-4-5-7-18(16)24-3/h4-9,12,22H,10-11,13H2,1-3H3,(H,20,23). The maximum absolute atomic E-state index is 12.6. The predicted molar refractivity (Wildman–Crippen MR) is 95.4 cm³/mol. The first-order valence-corrected chi connectivity index (χ1v) is 7.91. The van der Waals surface area contributed by atoms with Gasteiger partial charge in [-0.05, 0) is 37.1 Å². The lowest BCUT2D eigenvalue weighted by molar-refractivity contribution is 0.184. The van der Waals surface area contributed by atoms with Gasteiger partial charge < -0.3 is 20.1 Å². The number of hydrogen-bond acceptors (Lipinski definition) is 3. The van der Waals surface area contributed by atoms with Gasteiger partial charge in [-0.1, -0.05) is 30.3 Å². The van der Waals surface area contributed by atoms with Crippen LogP contribution in [0.4, 0.5) is 10.5 Å². The van der Waals surface area contributed by atoms with Gasteiger partial charge in [-0.15, -0.1) is 0 Å². The number of benzene rings is 2. The molecule has 2 aromatic carbocycles. The molecule has 0 fully saturated rings. The fraction of sp³-hybridized carbons (Fsp3) is 0.316. The molecule has 0 aliphatic heterocycles. The normalized spacial score (nSPS) is 10.3. The third-order valence-electron chi connectivity index (χ3n) is 3.85. The topological polar surface area (TPSA) is 61.8 Å². The van der Waals surface area contributed by atoms with Crippen molar-refractivity contribution in [1.82, 2.24) is 4.90 Å². The van der Waals surface area contributed by atoms with Gasteiger partial charge in [0.15, 0.2) is 0 Å². The summed E-state index contributed by atoms with van der Waals surface area (Å²) in [6.45, 7) is 4.44. The van der Waals surface area contributed by atoms with E-state index in [1.54, 1.807) is 12.0 Å². The monoisotopic (exact) mass is 328 g/mol. The molecule has 0 spiro atoms. The number of aryl methyl sites for hydroxylation is 2. The zero-order valence-corrected chi connectivity index (χ0v) is 14.4. The number of anilines is 1. The minimum absolute atomic E-state index is 0.102. The van der Waals surface area contributed by atoms with Gasteiger partial charge in [-0.2, -0.15) is 0 Å². The Hall–Kier alpha value is -2.53. The molecule has 24 heavy (non-hydrogen) atoms. The highest BCUT2D eigenvalue weighted by molar-refractivity contribution is 5.90. The van der Waals surface area contributed by atoms with E-state index in [0.29, 0.717) is 6.54 Å². The van der Waals surface area contributed by atoms with Crippen LogP contribution in [0.15, 0.2) is 42.5 Å². The molecule has 0 saturated heterocycles. The summed E-state index contributed by atoms with van der Waals surface area (Å²) in [7, 11) is 1.60. The highest BCUT2D eigenvalue weighted by Gasteiger charge is 2.16. The number of rotatable bonds is 6. The largest absolute Gasteiger partial charge is 0.496 e. The van der Waals surface area contributed by atoms with Gasteiger partial charge >= 0.3 is 6.03 Å². The number of ether oxygens (including phenoxy) is 1. The zero-order valence-electron chi connectivity index (χ0n) is 14.4. The molecule has 0 saturated carbocycles. The van der Waals surface area contributed by atoms with Crippen LogP contribution in [0.2, 0.25) is 0 Å². The van der Waals surface area contributed by atoms with E-state index in [4.69, 9.17) is 4.74 Å². The van der Waals surface area contributed by atoms with Crippen molar-refractivity contribution in [2.45, 2.75) is 20.4 Å². The smallest absolute Gasteiger partial charge is 0.322 e. The Morgan fingerprint density at radius 1 is 1.21 bits per heavy atom. The number of aliphatic hydroxyl groups excluding tert-OH is 1. The van der Waals surface area contributed by atoms with Gasteiger partial charge in [0.05, 0.1) is 20.3 Å². The van der Waals surface area contributed by atoms with E-state index in [1.165, 1.54) is 0 Å². The third-order valence-corrected chi connectivity index (χ3v) is 3.85. The summed E-state index contributed by atoms with van der Waals surface area (Å²) in [5.41, 5.74) is 3.75. The maximum Gasteiger partial charge on any atom is 0.322 e. The first kappa shape index (κ1) is 17.8. The second-order valence-electron chi connectivity index (χ2n) is 5.71. The van der Waals surface area contributed by atoms with Gasteiger partial charge in [0.2, 0.25) is 0 Å². The third kappa shape index (κ3) is 4.49. The Labute approximate surface area is 142 Å². The average molecular weight is 328 g/mol. The van der Waals surface area contributed by atoms with Crippen molar-refractivity contribution in [3.63, 3.8) is 0 Å². The van der Waals surface area contributed by atoms with Crippen molar-refractivity contribution < 1.29 is 14.6 Å². The van der Waals surface area contributed by atoms with Crippen molar-refractivity contribution in [2.24, 2.45) is 0 Å². The van der Waals surface area contributed by atoms with E-state index in [9.17, 15) is 9.90 Å². The molecule has 0 radical (unpaired) electrons. The van der Waals surface area contributed by atoms with Gasteiger partial charge in [-0.25, -0.2) is 4.79 Å². The lowest BCUT2D eigenvalue weighted by Gasteiger charge is -2.24. The summed E-state index contributed by atoms with van der Waals surface area (Å²) < 4.78 is 5.34. The molecule has 2 rings (SSSR count). The summed E-state index contributed by atoms with van der Waals surface area (Å²) in [6, 6.07) is 13.2. The van der Waals surface area contributed by atoms with Crippen LogP contribution < -0.4 is 10.1 Å². The summed E-state index contributed by atoms with van der Waals surface area (Å²) >= 11 is 0. The molecule has 0 bridgehead atoms. The number of methoxy groups -OCH3 is 1. The van der Waals surface area contributed by atoms with Gasteiger partial charge in [0, 0.05) is 17.8 Å². The first-order chi connectivity index (χ1) is 11.5. The highest BCUT2D eigenvalue weighted by atomic mass is 16.5. The van der Waals surface area contributed by atoms with Crippen LogP contribution in [0.3, 0.4) is 0 Å². The van der Waals surface area contributed by atoms with Gasteiger partial charge in [0.25, 0.3) is 0 Å². The molecule has 2 N–H and O–H groups in total. The predicted octanol–water partition coefficient (Wildman–Crippen LogP) is 3.34. The summed E-state index contributed by atoms with van der Waals surface area (Å²) in [4.78, 5) is 14.2. The second-order valence-corrected chi connectivity index (χ2v) is 5.71. The van der Waals surface area contributed by atoms with E-state index < -0.39 is 0 Å². The molecule has 0 heterocycles. The number of hydrogen-bond donors (Lipinski definition) is 2. The Morgan fingerprint density at radius 2 is 1.96 bits per heavy atom. The number of nitrogens with one attached hydrogen (secondary N) is 1. The number of urea groups is 1. The maximum atomic E-state index is 12.6. The number of para-hydroxylation sites is 1. The molecule has 0 aromatic heterocycles. The molecule has 2 aromatic rings. The molecule has 5 heteroatoms. The van der Waals surface area contributed by atoms with Crippen LogP contribution in [0.5, 0.6) is 5.75 Å². The fourth-order valence-electron chi connectivity index (χ4n) is 2.48. The van der Waals surface area contributed by atoms with Crippen molar-refractivity contribution >= 4 is 11.7 Å². The molecule has 5 nitrogen and oxygen atoms in total. The molecule has 128 valence electrons.